The molecule has 0 aliphatic rings. The maximum Gasteiger partial charge on any atom is 0.419 e. The Morgan fingerprint density at radius 3 is 2.24 bits per heavy atom. The third-order valence-electron chi connectivity index (χ3n) is 3.16. The van der Waals surface area contributed by atoms with Crippen LogP contribution in [0.2, 0.25) is 0 Å². The van der Waals surface area contributed by atoms with Crippen LogP contribution in [0.4, 0.5) is 18.9 Å². The molecule has 1 N–H and O–H groups in total. The molecule has 0 amide bonds. The number of nitro benzene ring substituents is 1. The highest BCUT2D eigenvalue weighted by Gasteiger charge is 2.40. The van der Waals surface area contributed by atoms with Crippen LogP contribution in [0, 0.1) is 22.0 Å². The van der Waals surface area contributed by atoms with Gasteiger partial charge in [-0.2, -0.15) is 13.2 Å². The van der Waals surface area contributed by atoms with Gasteiger partial charge in [0.25, 0.3) is 5.69 Å². The zero-order chi connectivity index (χ0) is 18.4. The van der Waals surface area contributed by atoms with Gasteiger partial charge in [-0.15, -0.1) is 0 Å². The average molecular weight is 347 g/mol. The van der Waals surface area contributed by atoms with E-state index in [1.807, 2.05) is 0 Å². The zero-order valence-corrected chi connectivity index (χ0v) is 12.7. The number of benzene rings is 2. The molecule has 0 bridgehead atoms. The monoisotopic (exact) mass is 347 g/mol. The molecule has 0 spiro atoms. The van der Waals surface area contributed by atoms with Gasteiger partial charge in [0.2, 0.25) is 0 Å². The predicted octanol–water partition coefficient (Wildman–Crippen LogP) is 3.95. The second-order valence-corrected chi connectivity index (χ2v) is 5.01. The lowest BCUT2D eigenvalue weighted by Gasteiger charge is -2.14. The molecule has 0 saturated carbocycles. The lowest BCUT2D eigenvalue weighted by atomic mass is 10.0. The number of nitro groups is 1. The smallest absolute Gasteiger partial charge is 0.379 e. The molecule has 0 aromatic heterocycles. The van der Waals surface area contributed by atoms with E-state index in [4.69, 9.17) is 0 Å². The molecule has 128 valence electrons. The van der Waals surface area contributed by atoms with Gasteiger partial charge in [-0.25, -0.2) is 0 Å². The number of alkyl halides is 3. The molecular formula is C18H12F3NO3. The van der Waals surface area contributed by atoms with Gasteiger partial charge in [0, 0.05) is 23.3 Å². The van der Waals surface area contributed by atoms with Crippen LogP contribution in [0.5, 0.6) is 0 Å². The fraction of sp³-hybridized carbons (Fsp3) is 0.111. The van der Waals surface area contributed by atoms with E-state index in [9.17, 15) is 28.4 Å². The highest BCUT2D eigenvalue weighted by atomic mass is 19.4. The summed E-state index contributed by atoms with van der Waals surface area (Å²) in [7, 11) is 0. The van der Waals surface area contributed by atoms with Crippen molar-refractivity contribution in [2.45, 2.75) is 12.3 Å². The maximum absolute atomic E-state index is 12.8. The summed E-state index contributed by atoms with van der Waals surface area (Å²) in [6.07, 6.45) is -6.57. The number of nitrogens with zero attached hydrogens (tertiary/aromatic N) is 1. The van der Waals surface area contributed by atoms with Crippen LogP contribution in [-0.2, 0) is 0 Å². The molecule has 1 unspecified atom stereocenters. The highest BCUT2D eigenvalue weighted by molar-refractivity contribution is 5.61. The summed E-state index contributed by atoms with van der Waals surface area (Å²) >= 11 is 0. The van der Waals surface area contributed by atoms with E-state index in [2.05, 4.69) is 11.8 Å². The van der Waals surface area contributed by atoms with Gasteiger partial charge in [0.05, 0.1) is 4.92 Å². The van der Waals surface area contributed by atoms with Crippen LogP contribution in [0.15, 0.2) is 60.2 Å². The van der Waals surface area contributed by atoms with Gasteiger partial charge in [-0.3, -0.25) is 10.1 Å². The first-order valence-electron chi connectivity index (χ1n) is 7.05. The normalized spacial score (nSPS) is 12.9. The van der Waals surface area contributed by atoms with Crippen molar-refractivity contribution in [3.05, 3.63) is 81.4 Å². The second kappa shape index (κ2) is 7.64. The SMILES string of the molecule is O=[N+]([O-])c1ccc(/C=C(\C#Cc2ccccc2)C(O)C(F)(F)F)cc1. The number of halogens is 3. The van der Waals surface area contributed by atoms with Gasteiger partial charge in [-0.1, -0.05) is 30.0 Å². The molecule has 0 heterocycles. The van der Waals surface area contributed by atoms with E-state index in [0.29, 0.717) is 5.56 Å². The average Bonchev–Trinajstić information content (AvgIpc) is 2.58. The minimum Gasteiger partial charge on any atom is -0.379 e. The van der Waals surface area contributed by atoms with Crippen LogP contribution in [0.25, 0.3) is 6.08 Å². The lowest BCUT2D eigenvalue weighted by molar-refractivity contribution is -0.384. The highest BCUT2D eigenvalue weighted by Crippen LogP contribution is 2.26. The Bertz CT molecular complexity index is 832. The Morgan fingerprint density at radius 1 is 1.12 bits per heavy atom. The van der Waals surface area contributed by atoms with Crippen molar-refractivity contribution in [3.8, 4) is 11.8 Å². The molecule has 1 atom stereocenters. The number of rotatable bonds is 3. The standard InChI is InChI=1S/C18H12F3NO3/c19-18(20,21)17(23)15(9-6-13-4-2-1-3-5-13)12-14-7-10-16(11-8-14)22(24)25/h1-5,7-8,10-12,17,23H/b15-12+. The van der Waals surface area contributed by atoms with Crippen molar-refractivity contribution in [1.29, 1.82) is 0 Å². The summed E-state index contributed by atoms with van der Waals surface area (Å²) in [5.74, 6) is 4.90. The van der Waals surface area contributed by atoms with Crippen molar-refractivity contribution in [3.63, 3.8) is 0 Å². The van der Waals surface area contributed by atoms with Crippen molar-refractivity contribution in [1.82, 2.24) is 0 Å². The molecule has 4 nitrogen and oxygen atoms in total. The van der Waals surface area contributed by atoms with Crippen LogP contribution in [0.1, 0.15) is 11.1 Å². The van der Waals surface area contributed by atoms with Gasteiger partial charge >= 0.3 is 6.18 Å². The first kappa shape index (κ1) is 18.2. The summed E-state index contributed by atoms with van der Waals surface area (Å²) in [6, 6.07) is 13.2. The molecule has 0 fully saturated rings. The molecule has 0 aliphatic carbocycles. The molecule has 0 saturated heterocycles. The first-order chi connectivity index (χ1) is 11.8. The largest absolute Gasteiger partial charge is 0.419 e. The topological polar surface area (TPSA) is 63.4 Å². The van der Waals surface area contributed by atoms with Crippen LogP contribution >= 0.6 is 0 Å². The summed E-state index contributed by atoms with van der Waals surface area (Å²) < 4.78 is 38.5. The number of non-ortho nitro benzene ring substituents is 1. The Morgan fingerprint density at radius 2 is 1.72 bits per heavy atom. The van der Waals surface area contributed by atoms with E-state index in [1.165, 1.54) is 12.1 Å². The van der Waals surface area contributed by atoms with Crippen LogP contribution in [-0.4, -0.2) is 22.3 Å². The summed E-state index contributed by atoms with van der Waals surface area (Å²) in [4.78, 5) is 10.00. The zero-order valence-electron chi connectivity index (χ0n) is 12.7. The predicted molar refractivity (Wildman–Crippen MR) is 86.5 cm³/mol. The minimum absolute atomic E-state index is 0.189. The van der Waals surface area contributed by atoms with E-state index < -0.39 is 22.8 Å². The third-order valence-corrected chi connectivity index (χ3v) is 3.16. The quantitative estimate of drug-likeness (QED) is 0.519. The van der Waals surface area contributed by atoms with Gasteiger partial charge < -0.3 is 5.11 Å². The van der Waals surface area contributed by atoms with Crippen molar-refractivity contribution in [2.75, 3.05) is 0 Å². The third kappa shape index (κ3) is 5.19. The maximum atomic E-state index is 12.8. The summed E-state index contributed by atoms with van der Waals surface area (Å²) in [5, 5.41) is 20.1. The fourth-order valence-electron chi connectivity index (χ4n) is 1.90. The van der Waals surface area contributed by atoms with E-state index in [1.54, 1.807) is 30.3 Å². The van der Waals surface area contributed by atoms with E-state index >= 15 is 0 Å². The van der Waals surface area contributed by atoms with Crippen LogP contribution in [0.3, 0.4) is 0 Å². The number of hydrogen-bond acceptors (Lipinski definition) is 3. The molecule has 0 aliphatic heterocycles. The Labute approximate surface area is 141 Å². The van der Waals surface area contributed by atoms with Crippen molar-refractivity contribution in [2.24, 2.45) is 0 Å². The fourth-order valence-corrected chi connectivity index (χ4v) is 1.90. The molecule has 7 heteroatoms. The molecular weight excluding hydrogens is 335 g/mol. The Kier molecular flexibility index (Phi) is 5.57. The van der Waals surface area contributed by atoms with Gasteiger partial charge in [-0.05, 0) is 35.9 Å². The second-order valence-electron chi connectivity index (χ2n) is 5.01. The molecule has 0 radical (unpaired) electrons. The number of aliphatic hydroxyl groups excluding tert-OH is 1. The molecule has 2 rings (SSSR count). The van der Waals surface area contributed by atoms with E-state index in [-0.39, 0.29) is 11.3 Å². The van der Waals surface area contributed by atoms with E-state index in [0.717, 1.165) is 18.2 Å². The molecule has 2 aromatic rings. The first-order valence-corrected chi connectivity index (χ1v) is 7.05. The lowest BCUT2D eigenvalue weighted by Crippen LogP contribution is -2.29. The van der Waals surface area contributed by atoms with Crippen molar-refractivity contribution < 1.29 is 23.2 Å². The molecule has 2 aromatic carbocycles. The Hall–Kier alpha value is -3.11. The Balaban J connectivity index is 2.40. The van der Waals surface area contributed by atoms with Gasteiger partial charge in [0.15, 0.2) is 6.10 Å². The van der Waals surface area contributed by atoms with Crippen LogP contribution < -0.4 is 0 Å². The summed E-state index contributed by atoms with van der Waals surface area (Å²) in [6.45, 7) is 0. The minimum atomic E-state index is -4.88. The number of hydrogen-bond donors (Lipinski definition) is 1. The molecule has 25 heavy (non-hydrogen) atoms. The summed E-state index contributed by atoms with van der Waals surface area (Å²) in [5.41, 5.74) is 0.00776. The van der Waals surface area contributed by atoms with Crippen molar-refractivity contribution >= 4 is 11.8 Å². The van der Waals surface area contributed by atoms with Gasteiger partial charge in [0.1, 0.15) is 0 Å². The number of aliphatic hydroxyl groups is 1.